The first kappa shape index (κ1) is 17.9. The normalized spacial score (nSPS) is 11.9. The lowest BCUT2D eigenvalue weighted by molar-refractivity contribution is -0.120. The van der Waals surface area contributed by atoms with Gasteiger partial charge in [-0.25, -0.2) is 12.7 Å². The Bertz CT molecular complexity index is 891. The quantitative estimate of drug-likeness (QED) is 0.794. The Balaban J connectivity index is 2.28. The van der Waals surface area contributed by atoms with Crippen molar-refractivity contribution >= 4 is 22.0 Å². The average Bonchev–Trinajstić information content (AvgIpc) is 2.84. The standard InChI is InChI=1S/C17H20N2O4S/c1-11-6-7-15(12(2)10-11)8-9-16(20)19(5)24(21,22)17-13(3)18-23-14(17)4/h6-10H,1-5H3. The van der Waals surface area contributed by atoms with Crippen molar-refractivity contribution in [1.29, 1.82) is 0 Å². The summed E-state index contributed by atoms with van der Waals surface area (Å²) < 4.78 is 30.7. The van der Waals surface area contributed by atoms with E-state index < -0.39 is 15.9 Å². The van der Waals surface area contributed by atoms with E-state index in [9.17, 15) is 13.2 Å². The lowest BCUT2D eigenvalue weighted by atomic mass is 10.1. The maximum atomic E-state index is 12.6. The summed E-state index contributed by atoms with van der Waals surface area (Å²) in [7, 11) is -2.78. The summed E-state index contributed by atoms with van der Waals surface area (Å²) in [6, 6.07) is 5.81. The van der Waals surface area contributed by atoms with Crippen LogP contribution < -0.4 is 0 Å². The smallest absolute Gasteiger partial charge is 0.271 e. The predicted molar refractivity (Wildman–Crippen MR) is 90.9 cm³/mol. The van der Waals surface area contributed by atoms with Gasteiger partial charge in [-0.1, -0.05) is 28.9 Å². The van der Waals surface area contributed by atoms with Crippen LogP contribution in [0.1, 0.15) is 28.1 Å². The zero-order chi connectivity index (χ0) is 18.1. The van der Waals surface area contributed by atoms with Gasteiger partial charge in [0.1, 0.15) is 5.69 Å². The Labute approximate surface area is 141 Å². The van der Waals surface area contributed by atoms with Gasteiger partial charge < -0.3 is 4.52 Å². The average molecular weight is 348 g/mol. The molecule has 6 nitrogen and oxygen atoms in total. The number of aromatic nitrogens is 1. The molecule has 24 heavy (non-hydrogen) atoms. The summed E-state index contributed by atoms with van der Waals surface area (Å²) in [5, 5.41) is 3.63. The van der Waals surface area contributed by atoms with Gasteiger partial charge in [-0.3, -0.25) is 4.79 Å². The van der Waals surface area contributed by atoms with E-state index >= 15 is 0 Å². The van der Waals surface area contributed by atoms with E-state index in [1.807, 2.05) is 32.0 Å². The van der Waals surface area contributed by atoms with Crippen LogP contribution in [0.3, 0.4) is 0 Å². The summed E-state index contributed by atoms with van der Waals surface area (Å²) in [4.78, 5) is 12.2. The molecule has 1 aromatic carbocycles. The lowest BCUT2D eigenvalue weighted by Gasteiger charge is -2.15. The fraction of sp³-hybridized carbons (Fsp3) is 0.294. The minimum Gasteiger partial charge on any atom is -0.360 e. The molecule has 0 spiro atoms. The highest BCUT2D eigenvalue weighted by Crippen LogP contribution is 2.22. The molecule has 128 valence electrons. The van der Waals surface area contributed by atoms with Crippen molar-refractivity contribution in [1.82, 2.24) is 9.46 Å². The third-order valence-corrected chi connectivity index (χ3v) is 5.73. The van der Waals surface area contributed by atoms with Crippen molar-refractivity contribution < 1.29 is 17.7 Å². The van der Waals surface area contributed by atoms with E-state index in [1.54, 1.807) is 6.08 Å². The van der Waals surface area contributed by atoms with E-state index in [4.69, 9.17) is 4.52 Å². The molecule has 0 unspecified atom stereocenters. The SMILES string of the molecule is Cc1ccc(C=CC(=O)N(C)S(=O)(=O)c2c(C)noc2C)c(C)c1. The minimum absolute atomic E-state index is 0.0710. The number of nitrogens with zero attached hydrogens (tertiary/aromatic N) is 2. The molecule has 2 rings (SSSR count). The predicted octanol–water partition coefficient (Wildman–Crippen LogP) is 2.77. The number of hydrogen-bond acceptors (Lipinski definition) is 5. The Morgan fingerprint density at radius 3 is 2.42 bits per heavy atom. The first-order valence-electron chi connectivity index (χ1n) is 7.35. The van der Waals surface area contributed by atoms with Crippen molar-refractivity contribution in [3.8, 4) is 0 Å². The van der Waals surface area contributed by atoms with Crippen LogP contribution in [0.15, 0.2) is 33.7 Å². The van der Waals surface area contributed by atoms with Crippen LogP contribution in [-0.2, 0) is 14.8 Å². The molecule has 0 aliphatic rings. The monoisotopic (exact) mass is 348 g/mol. The summed E-state index contributed by atoms with van der Waals surface area (Å²) >= 11 is 0. The number of likely N-dealkylation sites (N-methyl/N-ethyl adjacent to an activating group) is 1. The zero-order valence-corrected chi connectivity index (χ0v) is 15.1. The van der Waals surface area contributed by atoms with Crippen LogP contribution in [-0.4, -0.2) is 30.8 Å². The summed E-state index contributed by atoms with van der Waals surface area (Å²) in [5.41, 5.74) is 3.21. The largest absolute Gasteiger partial charge is 0.360 e. The van der Waals surface area contributed by atoms with E-state index in [0.717, 1.165) is 16.7 Å². The minimum atomic E-state index is -4.00. The molecular weight excluding hydrogens is 328 g/mol. The highest BCUT2D eigenvalue weighted by atomic mass is 32.2. The first-order chi connectivity index (χ1) is 11.1. The van der Waals surface area contributed by atoms with Gasteiger partial charge in [-0.05, 0) is 44.9 Å². The fourth-order valence-electron chi connectivity index (χ4n) is 2.38. The van der Waals surface area contributed by atoms with Gasteiger partial charge in [0, 0.05) is 13.1 Å². The van der Waals surface area contributed by atoms with Crippen LogP contribution >= 0.6 is 0 Å². The van der Waals surface area contributed by atoms with Gasteiger partial charge >= 0.3 is 0 Å². The Morgan fingerprint density at radius 1 is 1.21 bits per heavy atom. The molecule has 0 aliphatic heterocycles. The van der Waals surface area contributed by atoms with Crippen molar-refractivity contribution in [2.45, 2.75) is 32.6 Å². The van der Waals surface area contributed by atoms with Crippen LogP contribution in [0.25, 0.3) is 6.08 Å². The summed E-state index contributed by atoms with van der Waals surface area (Å²) in [5.74, 6) is -0.486. The topological polar surface area (TPSA) is 80.5 Å². The molecule has 0 saturated carbocycles. The highest BCUT2D eigenvalue weighted by molar-refractivity contribution is 7.89. The lowest BCUT2D eigenvalue weighted by Crippen LogP contribution is -2.32. The van der Waals surface area contributed by atoms with Crippen LogP contribution in [0.2, 0.25) is 0 Å². The molecule has 7 heteroatoms. The van der Waals surface area contributed by atoms with Gasteiger partial charge in [0.2, 0.25) is 0 Å². The van der Waals surface area contributed by atoms with E-state index in [2.05, 4.69) is 5.16 Å². The molecule has 1 amide bonds. The molecule has 0 bridgehead atoms. The van der Waals surface area contributed by atoms with Crippen molar-refractivity contribution in [3.63, 3.8) is 0 Å². The maximum absolute atomic E-state index is 12.6. The number of sulfonamides is 1. The Morgan fingerprint density at radius 2 is 1.88 bits per heavy atom. The molecule has 0 atom stereocenters. The highest BCUT2D eigenvalue weighted by Gasteiger charge is 2.30. The molecule has 1 heterocycles. The number of hydrogen-bond donors (Lipinski definition) is 0. The number of benzene rings is 1. The molecule has 0 fully saturated rings. The van der Waals surface area contributed by atoms with Gasteiger partial charge in [0.25, 0.3) is 15.9 Å². The van der Waals surface area contributed by atoms with E-state index in [1.165, 1.54) is 27.0 Å². The van der Waals surface area contributed by atoms with Crippen molar-refractivity contribution in [3.05, 3.63) is 52.4 Å². The summed E-state index contributed by atoms with van der Waals surface area (Å²) in [6.07, 6.45) is 2.85. The molecule has 0 saturated heterocycles. The van der Waals surface area contributed by atoms with E-state index in [0.29, 0.717) is 4.31 Å². The number of carbonyl (C=O) groups excluding carboxylic acids is 1. The Kier molecular flexibility index (Phi) is 4.94. The Hall–Kier alpha value is -2.41. The van der Waals surface area contributed by atoms with Crippen LogP contribution in [0.5, 0.6) is 0 Å². The fourth-order valence-corrected chi connectivity index (χ4v) is 3.76. The number of amides is 1. The zero-order valence-electron chi connectivity index (χ0n) is 14.3. The van der Waals surface area contributed by atoms with Gasteiger partial charge in [-0.2, -0.15) is 0 Å². The maximum Gasteiger partial charge on any atom is 0.271 e. The molecule has 2 aromatic rings. The molecule has 1 aromatic heterocycles. The number of carbonyl (C=O) groups is 1. The van der Waals surface area contributed by atoms with Gasteiger partial charge in [0.15, 0.2) is 10.7 Å². The molecular formula is C17H20N2O4S. The summed E-state index contributed by atoms with van der Waals surface area (Å²) in [6.45, 7) is 6.93. The second-order valence-corrected chi connectivity index (χ2v) is 7.56. The third kappa shape index (κ3) is 3.41. The second-order valence-electron chi connectivity index (χ2n) is 5.66. The van der Waals surface area contributed by atoms with E-state index in [-0.39, 0.29) is 16.3 Å². The van der Waals surface area contributed by atoms with Crippen LogP contribution in [0, 0.1) is 27.7 Å². The third-order valence-electron chi connectivity index (χ3n) is 3.73. The van der Waals surface area contributed by atoms with Gasteiger partial charge in [0.05, 0.1) is 0 Å². The van der Waals surface area contributed by atoms with Crippen molar-refractivity contribution in [2.24, 2.45) is 0 Å². The number of rotatable bonds is 4. The molecule has 0 aliphatic carbocycles. The molecule has 0 N–H and O–H groups in total. The number of aryl methyl sites for hydroxylation is 4. The first-order valence-corrected chi connectivity index (χ1v) is 8.79. The van der Waals surface area contributed by atoms with Gasteiger partial charge in [-0.15, -0.1) is 0 Å². The van der Waals surface area contributed by atoms with Crippen molar-refractivity contribution in [2.75, 3.05) is 7.05 Å². The second kappa shape index (κ2) is 6.60. The molecule has 0 radical (unpaired) electrons. The van der Waals surface area contributed by atoms with Crippen LogP contribution in [0.4, 0.5) is 0 Å².